The van der Waals surface area contributed by atoms with Crippen LogP contribution < -0.4 is 4.90 Å². The molecule has 3 aromatic heterocycles. The van der Waals surface area contributed by atoms with Gasteiger partial charge >= 0.3 is 0 Å². The van der Waals surface area contributed by atoms with E-state index in [2.05, 4.69) is 179 Å². The van der Waals surface area contributed by atoms with Crippen molar-refractivity contribution in [3.8, 4) is 0 Å². The van der Waals surface area contributed by atoms with Crippen molar-refractivity contribution >= 4 is 119 Å². The number of hydrogen-bond donors (Lipinski definition) is 0. The van der Waals surface area contributed by atoms with Gasteiger partial charge in [0.25, 0.3) is 0 Å². The van der Waals surface area contributed by atoms with E-state index in [1.807, 2.05) is 11.3 Å². The number of thiophene rings is 1. The molecule has 0 aliphatic rings. The lowest BCUT2D eigenvalue weighted by Gasteiger charge is -2.27. The van der Waals surface area contributed by atoms with Gasteiger partial charge in [0.05, 0.1) is 22.2 Å². The predicted octanol–water partition coefficient (Wildman–Crippen LogP) is 14.1. The molecular formula is C48H28N2S. The summed E-state index contributed by atoms with van der Waals surface area (Å²) < 4.78 is 5.09. The first-order valence-electron chi connectivity index (χ1n) is 17.5. The van der Waals surface area contributed by atoms with Crippen molar-refractivity contribution in [2.75, 3.05) is 4.90 Å². The van der Waals surface area contributed by atoms with Crippen molar-refractivity contribution in [3.63, 3.8) is 0 Å². The summed E-state index contributed by atoms with van der Waals surface area (Å²) in [6, 6.07) is 63.0. The Hall–Kier alpha value is -6.42. The van der Waals surface area contributed by atoms with E-state index < -0.39 is 0 Å². The van der Waals surface area contributed by atoms with Crippen LogP contribution in [-0.4, -0.2) is 4.40 Å². The Morgan fingerprint density at radius 1 is 0.353 bits per heavy atom. The molecule has 12 aromatic rings. The van der Waals surface area contributed by atoms with Gasteiger partial charge in [0.15, 0.2) is 0 Å². The number of benzene rings is 9. The molecule has 0 atom stereocenters. The van der Waals surface area contributed by atoms with Gasteiger partial charge in [-0.25, -0.2) is 0 Å². The maximum Gasteiger partial charge on any atom is 0.0641 e. The van der Waals surface area contributed by atoms with E-state index in [1.54, 1.807) is 0 Å². The molecule has 3 heteroatoms. The van der Waals surface area contributed by atoms with Crippen LogP contribution in [0, 0.1) is 0 Å². The van der Waals surface area contributed by atoms with Crippen LogP contribution >= 0.6 is 11.3 Å². The molecule has 0 aliphatic carbocycles. The molecule has 0 spiro atoms. The molecule has 0 N–H and O–H groups in total. The third kappa shape index (κ3) is 3.65. The summed E-state index contributed by atoms with van der Waals surface area (Å²) in [5.41, 5.74) is 7.24. The quantitative estimate of drug-likeness (QED) is 0.171. The largest absolute Gasteiger partial charge is 0.310 e. The summed E-state index contributed by atoms with van der Waals surface area (Å²) in [6.45, 7) is 0. The highest BCUT2D eigenvalue weighted by molar-refractivity contribution is 7.25. The van der Waals surface area contributed by atoms with E-state index in [-0.39, 0.29) is 0 Å². The summed E-state index contributed by atoms with van der Waals surface area (Å²) >= 11 is 1.87. The third-order valence-corrected chi connectivity index (χ3v) is 12.2. The third-order valence-electron chi connectivity index (χ3n) is 11.1. The van der Waals surface area contributed by atoms with Crippen molar-refractivity contribution in [1.29, 1.82) is 0 Å². The van der Waals surface area contributed by atoms with Gasteiger partial charge in [0, 0.05) is 53.1 Å². The average molecular weight is 665 g/mol. The van der Waals surface area contributed by atoms with Crippen LogP contribution in [0.3, 0.4) is 0 Å². The molecular weight excluding hydrogens is 637 g/mol. The van der Waals surface area contributed by atoms with Crippen molar-refractivity contribution in [3.05, 3.63) is 170 Å². The van der Waals surface area contributed by atoms with Crippen molar-refractivity contribution in [2.45, 2.75) is 0 Å². The molecule has 0 saturated carbocycles. The minimum Gasteiger partial charge on any atom is -0.310 e. The Bertz CT molecular complexity index is 3350. The molecule has 0 amide bonds. The molecule has 0 aliphatic heterocycles. The lowest BCUT2D eigenvalue weighted by atomic mass is 9.94. The number of nitrogens with zero attached hydrogens (tertiary/aromatic N) is 2. The van der Waals surface area contributed by atoms with Gasteiger partial charge in [-0.1, -0.05) is 121 Å². The second-order valence-electron chi connectivity index (χ2n) is 13.7. The minimum atomic E-state index is 1.14. The Morgan fingerprint density at radius 2 is 0.843 bits per heavy atom. The topological polar surface area (TPSA) is 7.65 Å². The number of para-hydroxylation sites is 2. The van der Waals surface area contributed by atoms with Gasteiger partial charge < -0.3 is 9.30 Å². The van der Waals surface area contributed by atoms with E-state index >= 15 is 0 Å². The Labute approximate surface area is 296 Å². The maximum atomic E-state index is 2.51. The molecule has 9 aromatic carbocycles. The first-order valence-corrected chi connectivity index (χ1v) is 18.3. The van der Waals surface area contributed by atoms with Crippen LogP contribution in [-0.2, 0) is 0 Å². The summed E-state index contributed by atoms with van der Waals surface area (Å²) in [4.78, 5) is 2.51. The van der Waals surface area contributed by atoms with Gasteiger partial charge in [-0.3, -0.25) is 0 Å². The van der Waals surface area contributed by atoms with E-state index in [0.29, 0.717) is 0 Å². The number of anilines is 3. The lowest BCUT2D eigenvalue weighted by molar-refractivity contribution is 1.31. The van der Waals surface area contributed by atoms with Crippen LogP contribution in [0.5, 0.6) is 0 Å². The summed E-state index contributed by atoms with van der Waals surface area (Å²) in [7, 11) is 0. The first kappa shape index (κ1) is 27.4. The molecule has 3 heterocycles. The number of aromatic nitrogens is 1. The van der Waals surface area contributed by atoms with Gasteiger partial charge in [-0.15, -0.1) is 11.3 Å². The van der Waals surface area contributed by atoms with Gasteiger partial charge in [0.1, 0.15) is 0 Å². The van der Waals surface area contributed by atoms with Crippen LogP contribution in [0.4, 0.5) is 17.1 Å². The van der Waals surface area contributed by atoms with Crippen molar-refractivity contribution in [2.24, 2.45) is 0 Å². The van der Waals surface area contributed by atoms with Crippen LogP contribution in [0.2, 0.25) is 0 Å². The zero-order chi connectivity index (χ0) is 33.2. The summed E-state index contributed by atoms with van der Waals surface area (Å²) in [6.07, 6.45) is 0. The average Bonchev–Trinajstić information content (AvgIpc) is 3.85. The SMILES string of the molecule is c1ccc2c(c1)sc1cc(N(c3ccc4c5ccccc5c5ccccc5c4c3)c3ccc4c5ccccc5n5c6ccccc6c3c45)ccc12. The molecule has 0 fully saturated rings. The zero-order valence-electron chi connectivity index (χ0n) is 27.5. The Kier molecular flexibility index (Phi) is 5.41. The van der Waals surface area contributed by atoms with Crippen LogP contribution in [0.15, 0.2) is 170 Å². The van der Waals surface area contributed by atoms with Gasteiger partial charge in [-0.05, 0) is 80.8 Å². The van der Waals surface area contributed by atoms with Crippen LogP contribution in [0.1, 0.15) is 0 Å². The smallest absolute Gasteiger partial charge is 0.0641 e. The predicted molar refractivity (Wildman–Crippen MR) is 221 cm³/mol. The highest BCUT2D eigenvalue weighted by atomic mass is 32.1. The van der Waals surface area contributed by atoms with Crippen molar-refractivity contribution in [1.82, 2.24) is 4.40 Å². The fraction of sp³-hybridized carbons (Fsp3) is 0. The van der Waals surface area contributed by atoms with E-state index in [4.69, 9.17) is 0 Å². The highest BCUT2D eigenvalue weighted by Gasteiger charge is 2.24. The molecule has 236 valence electrons. The zero-order valence-corrected chi connectivity index (χ0v) is 28.3. The summed E-state index contributed by atoms with van der Waals surface area (Å²) in [5, 5.41) is 15.4. The second kappa shape index (κ2) is 10.1. The minimum absolute atomic E-state index is 1.14. The molecule has 0 unspecified atom stereocenters. The Morgan fingerprint density at radius 3 is 1.57 bits per heavy atom. The van der Waals surface area contributed by atoms with E-state index in [0.717, 1.165) is 11.4 Å². The van der Waals surface area contributed by atoms with Gasteiger partial charge in [-0.2, -0.15) is 0 Å². The van der Waals surface area contributed by atoms with E-state index in [1.165, 1.54) is 96.3 Å². The molecule has 2 nitrogen and oxygen atoms in total. The molecule has 51 heavy (non-hydrogen) atoms. The fourth-order valence-electron chi connectivity index (χ4n) is 8.94. The molecule has 0 bridgehead atoms. The molecule has 0 saturated heterocycles. The second-order valence-corrected chi connectivity index (χ2v) is 14.7. The lowest BCUT2D eigenvalue weighted by Crippen LogP contribution is -2.10. The fourth-order valence-corrected chi connectivity index (χ4v) is 10.1. The number of fused-ring (bicyclic) bond motifs is 15. The van der Waals surface area contributed by atoms with E-state index in [9.17, 15) is 0 Å². The number of rotatable bonds is 3. The van der Waals surface area contributed by atoms with Crippen LogP contribution in [0.25, 0.3) is 90.6 Å². The maximum absolute atomic E-state index is 2.51. The monoisotopic (exact) mass is 664 g/mol. The number of hydrogen-bond acceptors (Lipinski definition) is 2. The Balaban J connectivity index is 1.22. The summed E-state index contributed by atoms with van der Waals surface area (Å²) in [5.74, 6) is 0. The highest BCUT2D eigenvalue weighted by Crippen LogP contribution is 2.49. The normalized spacial score (nSPS) is 12.3. The first-order chi connectivity index (χ1) is 25.3. The standard InChI is InChI=1S/C48H28N2S/c1-2-13-33-31(11-1)32-12-3-4-14-34(32)41-27-29(21-23-35(33)41)49(30-22-24-38-37-16-7-10-20-45(37)51-46(38)28-30)44-26-25-39-36-15-5-8-18-42(36)50-43-19-9-6-17-40(43)47(44)48(39)50/h1-28H. The molecule has 12 rings (SSSR count). The molecule has 0 radical (unpaired) electrons. The van der Waals surface area contributed by atoms with Crippen molar-refractivity contribution < 1.29 is 0 Å². The van der Waals surface area contributed by atoms with Gasteiger partial charge in [0.2, 0.25) is 0 Å².